The molecule has 2 aromatic carbocycles. The third-order valence-electron chi connectivity index (χ3n) is 4.20. The van der Waals surface area contributed by atoms with Gasteiger partial charge in [-0.05, 0) is 30.2 Å². The molecule has 26 heavy (non-hydrogen) atoms. The van der Waals surface area contributed by atoms with Gasteiger partial charge in [0.05, 0.1) is 0 Å². The lowest BCUT2D eigenvalue weighted by molar-refractivity contribution is -0.148. The normalized spacial score (nSPS) is 19.4. The van der Waals surface area contributed by atoms with Crippen molar-refractivity contribution in [1.82, 2.24) is 10.2 Å². The largest absolute Gasteiger partial charge is 0.459 e. The van der Waals surface area contributed by atoms with Crippen LogP contribution in [0.3, 0.4) is 0 Å². The molecule has 0 aliphatic carbocycles. The van der Waals surface area contributed by atoms with Crippen LogP contribution in [0.4, 0.5) is 4.79 Å². The molecule has 6 nitrogen and oxygen atoms in total. The lowest BCUT2D eigenvalue weighted by Crippen LogP contribution is -2.41. The van der Waals surface area contributed by atoms with E-state index in [1.54, 1.807) is 55.5 Å². The molecule has 3 rings (SSSR count). The van der Waals surface area contributed by atoms with E-state index >= 15 is 0 Å². The summed E-state index contributed by atoms with van der Waals surface area (Å²) in [6, 6.07) is 15.1. The van der Waals surface area contributed by atoms with E-state index in [2.05, 4.69) is 5.32 Å². The van der Waals surface area contributed by atoms with Crippen molar-refractivity contribution in [3.8, 4) is 0 Å². The van der Waals surface area contributed by atoms with Crippen molar-refractivity contribution >= 4 is 29.5 Å². The minimum absolute atomic E-state index is 0.0129. The summed E-state index contributed by atoms with van der Waals surface area (Å²) in [7, 11) is 0. The van der Waals surface area contributed by atoms with Crippen LogP contribution in [-0.2, 0) is 26.5 Å². The second kappa shape index (κ2) is 7.17. The fraction of sp³-hybridized carbons (Fsp3) is 0.211. The molecule has 1 aliphatic rings. The highest BCUT2D eigenvalue weighted by Gasteiger charge is 2.49. The lowest BCUT2D eigenvalue weighted by Gasteiger charge is -2.21. The minimum atomic E-state index is -1.20. The van der Waals surface area contributed by atoms with E-state index < -0.39 is 30.0 Å². The molecule has 1 atom stereocenters. The molecule has 7 heteroatoms. The van der Waals surface area contributed by atoms with E-state index in [1.165, 1.54) is 0 Å². The maximum Gasteiger partial charge on any atom is 0.326 e. The van der Waals surface area contributed by atoms with Crippen molar-refractivity contribution in [2.75, 3.05) is 6.54 Å². The van der Waals surface area contributed by atoms with E-state index in [1.807, 2.05) is 6.07 Å². The Bertz CT molecular complexity index is 856. The molecule has 1 saturated heterocycles. The number of imide groups is 1. The third-order valence-corrected chi connectivity index (χ3v) is 4.44. The summed E-state index contributed by atoms with van der Waals surface area (Å²) >= 11 is 5.88. The standard InChI is InChI=1S/C19H17ClN2O4/c1-19(14-7-3-2-4-8-14)17(24)22(18(25)21-19)11-16(23)26-12-13-6-5-9-15(20)10-13/h2-10H,11-12H2,1H3,(H,21,25)/t19-/m1/s1. The second-order valence-electron chi connectivity index (χ2n) is 6.10. The van der Waals surface area contributed by atoms with Gasteiger partial charge in [-0.1, -0.05) is 54.1 Å². The molecule has 2 aromatic rings. The van der Waals surface area contributed by atoms with Crippen molar-refractivity contribution in [2.45, 2.75) is 19.1 Å². The number of esters is 1. The zero-order valence-corrected chi connectivity index (χ0v) is 14.8. The average Bonchev–Trinajstić information content (AvgIpc) is 2.85. The van der Waals surface area contributed by atoms with E-state index in [0.717, 1.165) is 10.5 Å². The number of rotatable bonds is 5. The number of carbonyl (C=O) groups excluding carboxylic acids is 3. The Labute approximate surface area is 155 Å². The predicted molar refractivity (Wildman–Crippen MR) is 95.3 cm³/mol. The van der Waals surface area contributed by atoms with Crippen LogP contribution in [0.1, 0.15) is 18.1 Å². The SMILES string of the molecule is C[C@]1(c2ccccc2)NC(=O)N(CC(=O)OCc2cccc(Cl)c2)C1=O. The number of hydrogen-bond donors (Lipinski definition) is 1. The molecule has 1 N–H and O–H groups in total. The molecule has 0 spiro atoms. The van der Waals surface area contributed by atoms with Crippen molar-refractivity contribution in [1.29, 1.82) is 0 Å². The van der Waals surface area contributed by atoms with E-state index in [-0.39, 0.29) is 6.61 Å². The molecule has 0 aromatic heterocycles. The van der Waals surface area contributed by atoms with Gasteiger partial charge in [-0.15, -0.1) is 0 Å². The Morgan fingerprint density at radius 2 is 1.88 bits per heavy atom. The van der Waals surface area contributed by atoms with E-state index in [4.69, 9.17) is 16.3 Å². The number of halogens is 1. The number of hydrogen-bond acceptors (Lipinski definition) is 4. The van der Waals surface area contributed by atoms with Gasteiger partial charge < -0.3 is 10.1 Å². The van der Waals surface area contributed by atoms with E-state index in [9.17, 15) is 14.4 Å². The van der Waals surface area contributed by atoms with Gasteiger partial charge in [0.25, 0.3) is 5.91 Å². The molecule has 1 aliphatic heterocycles. The molecular formula is C19H17ClN2O4. The van der Waals surface area contributed by atoms with Gasteiger partial charge in [-0.2, -0.15) is 0 Å². The predicted octanol–water partition coefficient (Wildman–Crippen LogP) is 2.85. The summed E-state index contributed by atoms with van der Waals surface area (Å²) in [5.74, 6) is -1.17. The topological polar surface area (TPSA) is 75.7 Å². The zero-order valence-electron chi connectivity index (χ0n) is 14.1. The Balaban J connectivity index is 1.65. The van der Waals surface area contributed by atoms with Crippen LogP contribution in [0, 0.1) is 0 Å². The molecule has 134 valence electrons. The van der Waals surface area contributed by atoms with Crippen LogP contribution >= 0.6 is 11.6 Å². The number of ether oxygens (including phenoxy) is 1. The Morgan fingerprint density at radius 1 is 1.15 bits per heavy atom. The number of carbonyl (C=O) groups is 3. The maximum absolute atomic E-state index is 12.7. The molecule has 0 bridgehead atoms. The fourth-order valence-electron chi connectivity index (χ4n) is 2.77. The van der Waals surface area contributed by atoms with Crippen molar-refractivity contribution in [3.63, 3.8) is 0 Å². The summed E-state index contributed by atoms with van der Waals surface area (Å²) < 4.78 is 5.14. The quantitative estimate of drug-likeness (QED) is 0.646. The first-order valence-electron chi connectivity index (χ1n) is 8.00. The molecule has 0 radical (unpaired) electrons. The molecule has 1 heterocycles. The van der Waals surface area contributed by atoms with Crippen molar-refractivity contribution in [2.24, 2.45) is 0 Å². The van der Waals surface area contributed by atoms with Gasteiger partial charge in [0.1, 0.15) is 18.7 Å². The fourth-order valence-corrected chi connectivity index (χ4v) is 2.99. The minimum Gasteiger partial charge on any atom is -0.459 e. The van der Waals surface area contributed by atoms with Crippen LogP contribution < -0.4 is 5.32 Å². The molecule has 3 amide bonds. The molecular weight excluding hydrogens is 356 g/mol. The first-order valence-corrected chi connectivity index (χ1v) is 8.37. The zero-order chi connectivity index (χ0) is 18.7. The summed E-state index contributed by atoms with van der Waals surface area (Å²) in [5.41, 5.74) is 0.163. The highest BCUT2D eigenvalue weighted by Crippen LogP contribution is 2.28. The highest BCUT2D eigenvalue weighted by molar-refractivity contribution is 6.30. The van der Waals surface area contributed by atoms with Gasteiger partial charge in [0.15, 0.2) is 0 Å². The second-order valence-corrected chi connectivity index (χ2v) is 6.54. The number of amides is 3. The first kappa shape index (κ1) is 17.9. The van der Waals surface area contributed by atoms with Gasteiger partial charge in [0, 0.05) is 5.02 Å². The van der Waals surface area contributed by atoms with Crippen LogP contribution in [0.15, 0.2) is 54.6 Å². The van der Waals surface area contributed by atoms with Crippen molar-refractivity contribution < 1.29 is 19.1 Å². The van der Waals surface area contributed by atoms with Gasteiger partial charge >= 0.3 is 12.0 Å². The molecule has 1 fully saturated rings. The highest BCUT2D eigenvalue weighted by atomic mass is 35.5. The molecule has 0 unspecified atom stereocenters. The summed E-state index contributed by atoms with van der Waals surface area (Å²) in [4.78, 5) is 37.8. The average molecular weight is 373 g/mol. The van der Waals surface area contributed by atoms with Crippen molar-refractivity contribution in [3.05, 3.63) is 70.7 Å². The summed E-state index contributed by atoms with van der Waals surface area (Å²) in [6.07, 6.45) is 0. The first-order chi connectivity index (χ1) is 12.4. The lowest BCUT2D eigenvalue weighted by atomic mass is 9.92. The Kier molecular flexibility index (Phi) is 4.95. The van der Waals surface area contributed by atoms with E-state index in [0.29, 0.717) is 10.6 Å². The number of nitrogens with one attached hydrogen (secondary N) is 1. The smallest absolute Gasteiger partial charge is 0.326 e. The van der Waals surface area contributed by atoms with Gasteiger partial charge in [-0.3, -0.25) is 14.5 Å². The molecule has 0 saturated carbocycles. The Morgan fingerprint density at radius 3 is 2.58 bits per heavy atom. The Hall–Kier alpha value is -2.86. The summed E-state index contributed by atoms with van der Waals surface area (Å²) in [5, 5.41) is 3.18. The maximum atomic E-state index is 12.7. The van der Waals surface area contributed by atoms with Crippen LogP contribution in [0.5, 0.6) is 0 Å². The van der Waals surface area contributed by atoms with Gasteiger partial charge in [-0.25, -0.2) is 4.79 Å². The third kappa shape index (κ3) is 3.55. The van der Waals surface area contributed by atoms with Gasteiger partial charge in [0.2, 0.25) is 0 Å². The van der Waals surface area contributed by atoms with Crippen LogP contribution in [0.2, 0.25) is 5.02 Å². The monoisotopic (exact) mass is 372 g/mol. The summed E-state index contributed by atoms with van der Waals surface area (Å²) in [6.45, 7) is 1.17. The number of urea groups is 1. The number of nitrogens with zero attached hydrogens (tertiary/aromatic N) is 1. The number of benzene rings is 2. The van der Waals surface area contributed by atoms with Crippen LogP contribution in [0.25, 0.3) is 0 Å². The van der Waals surface area contributed by atoms with Crippen LogP contribution in [-0.4, -0.2) is 29.4 Å².